The second-order valence-electron chi connectivity index (χ2n) is 5.35. The van der Waals surface area contributed by atoms with Gasteiger partial charge in [0.15, 0.2) is 0 Å². The van der Waals surface area contributed by atoms with Crippen molar-refractivity contribution in [3.63, 3.8) is 0 Å². The van der Waals surface area contributed by atoms with E-state index in [4.69, 9.17) is 0 Å². The van der Waals surface area contributed by atoms with E-state index in [1.54, 1.807) is 12.1 Å². The first kappa shape index (κ1) is 13.9. The van der Waals surface area contributed by atoms with Crippen LogP contribution in [0.15, 0.2) is 18.2 Å². The van der Waals surface area contributed by atoms with Crippen molar-refractivity contribution in [3.05, 3.63) is 39.7 Å². The Morgan fingerprint density at radius 3 is 2.74 bits per heavy atom. The Hall–Kier alpha value is -1.49. The lowest BCUT2D eigenvalue weighted by molar-refractivity contribution is -0.387. The van der Waals surface area contributed by atoms with Crippen LogP contribution >= 0.6 is 0 Å². The molecule has 1 aromatic carbocycles. The lowest BCUT2D eigenvalue weighted by atomic mass is 10.1. The van der Waals surface area contributed by atoms with Gasteiger partial charge >= 0.3 is 5.69 Å². The van der Waals surface area contributed by atoms with Crippen molar-refractivity contribution in [2.75, 3.05) is 13.6 Å². The van der Waals surface area contributed by atoms with Gasteiger partial charge in [-0.25, -0.2) is 0 Å². The van der Waals surface area contributed by atoms with E-state index < -0.39 is 16.4 Å². The largest absolute Gasteiger partial charge is 0.305 e. The average molecular weight is 266 g/mol. The summed E-state index contributed by atoms with van der Waals surface area (Å²) in [6.45, 7) is 1.35. The standard InChI is InChI=1S/C14H19FN2O2/c1-16(9-11-5-2-3-6-11)10-12-7-4-8-13(14(12)15)17(18)19/h4,7-8,11H,2-3,5-6,9-10H2,1H3. The van der Waals surface area contributed by atoms with Gasteiger partial charge in [0, 0.05) is 24.7 Å². The minimum atomic E-state index is -0.703. The van der Waals surface area contributed by atoms with Crippen LogP contribution in [0.5, 0.6) is 0 Å². The Labute approximate surface area is 112 Å². The molecule has 1 aromatic rings. The summed E-state index contributed by atoms with van der Waals surface area (Å²) in [5, 5.41) is 10.7. The molecule has 0 spiro atoms. The summed E-state index contributed by atoms with van der Waals surface area (Å²) in [5.41, 5.74) is -0.0403. The van der Waals surface area contributed by atoms with E-state index in [0.29, 0.717) is 18.0 Å². The van der Waals surface area contributed by atoms with Gasteiger partial charge in [-0.05, 0) is 25.8 Å². The van der Waals surface area contributed by atoms with Gasteiger partial charge in [0.2, 0.25) is 5.82 Å². The van der Waals surface area contributed by atoms with Crippen molar-refractivity contribution in [3.8, 4) is 0 Å². The molecule has 0 aromatic heterocycles. The van der Waals surface area contributed by atoms with E-state index >= 15 is 0 Å². The number of hydrogen-bond acceptors (Lipinski definition) is 3. The van der Waals surface area contributed by atoms with Crippen molar-refractivity contribution >= 4 is 5.69 Å². The highest BCUT2D eigenvalue weighted by atomic mass is 19.1. The molecule has 1 aliphatic carbocycles. The molecule has 19 heavy (non-hydrogen) atoms. The lowest BCUT2D eigenvalue weighted by Crippen LogP contribution is -2.24. The van der Waals surface area contributed by atoms with E-state index in [0.717, 1.165) is 6.54 Å². The molecule has 5 heteroatoms. The second kappa shape index (κ2) is 6.10. The fourth-order valence-electron chi connectivity index (χ4n) is 2.82. The van der Waals surface area contributed by atoms with Crippen LogP contribution in [0.4, 0.5) is 10.1 Å². The van der Waals surface area contributed by atoms with Gasteiger partial charge in [-0.2, -0.15) is 4.39 Å². The first-order valence-electron chi connectivity index (χ1n) is 6.68. The van der Waals surface area contributed by atoms with Gasteiger partial charge in [0.25, 0.3) is 0 Å². The van der Waals surface area contributed by atoms with Crippen molar-refractivity contribution < 1.29 is 9.31 Å². The van der Waals surface area contributed by atoms with E-state index in [1.165, 1.54) is 31.7 Å². The third-order valence-electron chi connectivity index (χ3n) is 3.74. The molecule has 0 radical (unpaired) electrons. The van der Waals surface area contributed by atoms with Crippen molar-refractivity contribution in [2.24, 2.45) is 5.92 Å². The second-order valence-corrected chi connectivity index (χ2v) is 5.35. The molecular formula is C14H19FN2O2. The first-order chi connectivity index (χ1) is 9.08. The molecule has 1 aliphatic rings. The molecule has 0 N–H and O–H groups in total. The normalized spacial score (nSPS) is 16.2. The van der Waals surface area contributed by atoms with Crippen LogP contribution in [0, 0.1) is 21.8 Å². The highest BCUT2D eigenvalue weighted by Crippen LogP contribution is 2.26. The molecule has 0 bridgehead atoms. The fourth-order valence-corrected chi connectivity index (χ4v) is 2.82. The molecule has 2 rings (SSSR count). The van der Waals surface area contributed by atoms with Gasteiger partial charge in [-0.15, -0.1) is 0 Å². The number of hydrogen-bond donors (Lipinski definition) is 0. The van der Waals surface area contributed by atoms with Crippen LogP contribution in [0.3, 0.4) is 0 Å². The molecule has 1 saturated carbocycles. The molecular weight excluding hydrogens is 247 g/mol. The zero-order valence-electron chi connectivity index (χ0n) is 11.1. The lowest BCUT2D eigenvalue weighted by Gasteiger charge is -2.20. The van der Waals surface area contributed by atoms with Gasteiger partial charge in [0.1, 0.15) is 0 Å². The highest BCUT2D eigenvalue weighted by Gasteiger charge is 2.20. The van der Waals surface area contributed by atoms with E-state index in [1.807, 2.05) is 7.05 Å². The molecule has 0 unspecified atom stereocenters. The van der Waals surface area contributed by atoms with E-state index in [2.05, 4.69) is 4.90 Å². The van der Waals surface area contributed by atoms with Gasteiger partial charge < -0.3 is 4.90 Å². The minimum Gasteiger partial charge on any atom is -0.302 e. The highest BCUT2D eigenvalue weighted by molar-refractivity contribution is 5.36. The predicted molar refractivity (Wildman–Crippen MR) is 71.3 cm³/mol. The Balaban J connectivity index is 2.01. The summed E-state index contributed by atoms with van der Waals surface area (Å²) in [4.78, 5) is 12.1. The monoisotopic (exact) mass is 266 g/mol. The summed E-state index contributed by atoms with van der Waals surface area (Å²) < 4.78 is 13.9. The van der Waals surface area contributed by atoms with E-state index in [9.17, 15) is 14.5 Å². The third-order valence-corrected chi connectivity index (χ3v) is 3.74. The number of nitro groups is 1. The molecule has 104 valence electrons. The summed E-state index contributed by atoms with van der Waals surface area (Å²) in [7, 11) is 1.94. The smallest absolute Gasteiger partial charge is 0.302 e. The molecule has 0 heterocycles. The van der Waals surface area contributed by atoms with Crippen LogP contribution in [0.2, 0.25) is 0 Å². The van der Waals surface area contributed by atoms with Crippen molar-refractivity contribution in [1.82, 2.24) is 4.90 Å². The topological polar surface area (TPSA) is 46.4 Å². The zero-order valence-corrected chi connectivity index (χ0v) is 11.1. The number of benzene rings is 1. The fraction of sp³-hybridized carbons (Fsp3) is 0.571. The Bertz CT molecular complexity index is 459. The Morgan fingerprint density at radius 2 is 2.11 bits per heavy atom. The Kier molecular flexibility index (Phi) is 4.47. The third kappa shape index (κ3) is 3.50. The minimum absolute atomic E-state index is 0.398. The number of nitro benzene ring substituents is 1. The zero-order chi connectivity index (χ0) is 13.8. The van der Waals surface area contributed by atoms with Crippen LogP contribution in [0.25, 0.3) is 0 Å². The van der Waals surface area contributed by atoms with Gasteiger partial charge in [-0.3, -0.25) is 10.1 Å². The van der Waals surface area contributed by atoms with Crippen LogP contribution in [-0.4, -0.2) is 23.4 Å². The first-order valence-corrected chi connectivity index (χ1v) is 6.68. The quantitative estimate of drug-likeness (QED) is 0.606. The summed E-state index contributed by atoms with van der Waals surface area (Å²) in [6.07, 6.45) is 5.04. The molecule has 0 aliphatic heterocycles. The van der Waals surface area contributed by atoms with Crippen LogP contribution in [0.1, 0.15) is 31.2 Å². The molecule has 0 atom stereocenters. The average Bonchev–Trinajstić information content (AvgIpc) is 2.84. The number of halogens is 1. The van der Waals surface area contributed by atoms with Crippen molar-refractivity contribution in [2.45, 2.75) is 32.2 Å². The van der Waals surface area contributed by atoms with Gasteiger partial charge in [0.05, 0.1) is 4.92 Å². The maximum Gasteiger partial charge on any atom is 0.305 e. The molecule has 4 nitrogen and oxygen atoms in total. The van der Waals surface area contributed by atoms with Crippen LogP contribution < -0.4 is 0 Å². The summed E-state index contributed by atoms with van der Waals surface area (Å²) in [6, 6.07) is 4.36. The molecule has 1 fully saturated rings. The SMILES string of the molecule is CN(Cc1cccc([N+](=O)[O-])c1F)CC1CCCC1. The number of rotatable bonds is 5. The number of nitrogens with zero attached hydrogens (tertiary/aromatic N) is 2. The van der Waals surface area contributed by atoms with Crippen LogP contribution in [-0.2, 0) is 6.54 Å². The Morgan fingerprint density at radius 1 is 1.42 bits per heavy atom. The maximum absolute atomic E-state index is 13.9. The van der Waals surface area contributed by atoms with E-state index in [-0.39, 0.29) is 0 Å². The summed E-state index contributed by atoms with van der Waals surface area (Å²) >= 11 is 0. The van der Waals surface area contributed by atoms with Crippen molar-refractivity contribution in [1.29, 1.82) is 0 Å². The molecule has 0 saturated heterocycles. The molecule has 0 amide bonds. The summed E-state index contributed by atoms with van der Waals surface area (Å²) in [5.74, 6) is -0.0162. The van der Waals surface area contributed by atoms with Gasteiger partial charge in [-0.1, -0.05) is 25.0 Å². The maximum atomic E-state index is 13.9. The predicted octanol–water partition coefficient (Wildman–Crippen LogP) is 3.36.